The van der Waals surface area contributed by atoms with Crippen molar-refractivity contribution >= 4 is 27.7 Å². The standard InChI is InChI=1S/C14H18N2O6S/c1-8(14(19)22-10(3)13(15)18)16-23(20,21)12-6-4-11(5-7-12)9(2)17/h4-8,10,16H,1-3H3,(H2,15,18)/t8-,10+/m0/s1. The molecule has 0 bridgehead atoms. The molecule has 9 heteroatoms. The van der Waals surface area contributed by atoms with Crippen LogP contribution in [-0.4, -0.2) is 38.2 Å². The number of Topliss-reactive ketones (excluding diaryl/α,β-unsaturated/α-hetero) is 1. The normalized spacial score (nSPS) is 13.9. The van der Waals surface area contributed by atoms with Crippen molar-refractivity contribution in [3.8, 4) is 0 Å². The number of rotatable bonds is 7. The number of carbonyl (C=O) groups is 3. The molecule has 23 heavy (non-hydrogen) atoms. The van der Waals surface area contributed by atoms with Crippen LogP contribution in [0.15, 0.2) is 29.2 Å². The highest BCUT2D eigenvalue weighted by molar-refractivity contribution is 7.89. The summed E-state index contributed by atoms with van der Waals surface area (Å²) in [5.41, 5.74) is 5.33. The number of ether oxygens (including phenoxy) is 1. The number of carbonyl (C=O) groups excluding carboxylic acids is 3. The van der Waals surface area contributed by atoms with Gasteiger partial charge in [0.1, 0.15) is 6.04 Å². The van der Waals surface area contributed by atoms with Crippen molar-refractivity contribution < 1.29 is 27.5 Å². The van der Waals surface area contributed by atoms with Gasteiger partial charge in [-0.25, -0.2) is 8.42 Å². The SMILES string of the molecule is CC(=O)c1ccc(S(=O)(=O)N[C@@H](C)C(=O)O[C@H](C)C(N)=O)cc1. The highest BCUT2D eigenvalue weighted by Gasteiger charge is 2.25. The first-order valence-corrected chi connectivity index (χ1v) is 8.16. The minimum atomic E-state index is -3.98. The van der Waals surface area contributed by atoms with Gasteiger partial charge in [0.2, 0.25) is 10.0 Å². The summed E-state index contributed by atoms with van der Waals surface area (Å²) in [4.78, 5) is 33.6. The van der Waals surface area contributed by atoms with Gasteiger partial charge in [0.25, 0.3) is 5.91 Å². The van der Waals surface area contributed by atoms with Crippen LogP contribution in [0, 0.1) is 0 Å². The second-order valence-corrected chi connectivity index (χ2v) is 6.62. The average molecular weight is 342 g/mol. The summed E-state index contributed by atoms with van der Waals surface area (Å²) in [6.45, 7) is 3.92. The summed E-state index contributed by atoms with van der Waals surface area (Å²) in [7, 11) is -3.98. The van der Waals surface area contributed by atoms with Crippen LogP contribution in [-0.2, 0) is 24.3 Å². The summed E-state index contributed by atoms with van der Waals surface area (Å²) in [6.07, 6.45) is -1.16. The number of benzene rings is 1. The first-order valence-electron chi connectivity index (χ1n) is 6.67. The molecule has 2 atom stereocenters. The molecule has 0 aromatic heterocycles. The highest BCUT2D eigenvalue weighted by Crippen LogP contribution is 2.12. The van der Waals surface area contributed by atoms with Gasteiger partial charge in [-0.15, -0.1) is 0 Å². The van der Waals surface area contributed by atoms with Crippen LogP contribution >= 0.6 is 0 Å². The zero-order chi connectivity index (χ0) is 17.8. The Morgan fingerprint density at radius 3 is 2.09 bits per heavy atom. The van der Waals surface area contributed by atoms with Crippen molar-refractivity contribution in [2.75, 3.05) is 0 Å². The molecule has 0 spiro atoms. The van der Waals surface area contributed by atoms with E-state index in [4.69, 9.17) is 10.5 Å². The maximum Gasteiger partial charge on any atom is 0.324 e. The van der Waals surface area contributed by atoms with Gasteiger partial charge in [-0.2, -0.15) is 4.72 Å². The number of esters is 1. The van der Waals surface area contributed by atoms with Crippen LogP contribution in [0.5, 0.6) is 0 Å². The summed E-state index contributed by atoms with van der Waals surface area (Å²) in [6, 6.07) is 4.03. The number of hydrogen-bond donors (Lipinski definition) is 2. The Morgan fingerprint density at radius 1 is 1.13 bits per heavy atom. The third-order valence-electron chi connectivity index (χ3n) is 2.95. The fourth-order valence-corrected chi connectivity index (χ4v) is 2.74. The van der Waals surface area contributed by atoms with Gasteiger partial charge in [0.15, 0.2) is 11.9 Å². The van der Waals surface area contributed by atoms with Gasteiger partial charge < -0.3 is 10.5 Å². The molecule has 1 amide bonds. The van der Waals surface area contributed by atoms with E-state index in [-0.39, 0.29) is 10.7 Å². The maximum absolute atomic E-state index is 12.2. The van der Waals surface area contributed by atoms with Crippen LogP contribution in [0.2, 0.25) is 0 Å². The van der Waals surface area contributed by atoms with Gasteiger partial charge in [-0.05, 0) is 32.9 Å². The average Bonchev–Trinajstić information content (AvgIpc) is 2.46. The topological polar surface area (TPSA) is 133 Å². The van der Waals surface area contributed by atoms with Crippen LogP contribution in [0.1, 0.15) is 31.1 Å². The minimum absolute atomic E-state index is 0.106. The van der Waals surface area contributed by atoms with Crippen LogP contribution in [0.25, 0.3) is 0 Å². The minimum Gasteiger partial charge on any atom is -0.451 e. The first kappa shape index (κ1) is 18.8. The predicted octanol–water partition coefficient (Wildman–Crippen LogP) is -0.0270. The molecule has 0 aliphatic heterocycles. The Labute approximate surface area is 134 Å². The molecular weight excluding hydrogens is 324 g/mol. The predicted molar refractivity (Wildman–Crippen MR) is 81.0 cm³/mol. The molecule has 0 aliphatic rings. The Balaban J connectivity index is 2.83. The fraction of sp³-hybridized carbons (Fsp3) is 0.357. The number of primary amides is 1. The molecule has 0 heterocycles. The lowest BCUT2D eigenvalue weighted by Gasteiger charge is -2.16. The van der Waals surface area contributed by atoms with Crippen LogP contribution in [0.3, 0.4) is 0 Å². The first-order chi connectivity index (χ1) is 10.5. The molecule has 1 rings (SSSR count). The third-order valence-corrected chi connectivity index (χ3v) is 4.51. The molecule has 0 fully saturated rings. The van der Waals surface area contributed by atoms with E-state index in [9.17, 15) is 22.8 Å². The van der Waals surface area contributed by atoms with Crippen LogP contribution in [0.4, 0.5) is 0 Å². The summed E-state index contributed by atoms with van der Waals surface area (Å²) < 4.78 is 31.2. The van der Waals surface area contributed by atoms with E-state index in [1.807, 2.05) is 0 Å². The number of nitrogens with two attached hydrogens (primary N) is 1. The number of hydrogen-bond acceptors (Lipinski definition) is 6. The van der Waals surface area contributed by atoms with E-state index in [2.05, 4.69) is 4.72 Å². The van der Waals surface area contributed by atoms with E-state index in [0.717, 1.165) is 0 Å². The molecule has 0 saturated carbocycles. The van der Waals surface area contributed by atoms with Crippen molar-refractivity contribution in [1.29, 1.82) is 0 Å². The molecule has 126 valence electrons. The molecule has 3 N–H and O–H groups in total. The summed E-state index contributed by atoms with van der Waals surface area (Å²) in [5.74, 6) is -1.97. The van der Waals surface area contributed by atoms with Crippen molar-refractivity contribution in [1.82, 2.24) is 4.72 Å². The Morgan fingerprint density at radius 2 is 1.65 bits per heavy atom. The van der Waals surface area contributed by atoms with Gasteiger partial charge in [0, 0.05) is 5.56 Å². The van der Waals surface area contributed by atoms with Gasteiger partial charge in [0.05, 0.1) is 4.90 Å². The Bertz CT molecular complexity index is 711. The van der Waals surface area contributed by atoms with Gasteiger partial charge >= 0.3 is 5.97 Å². The molecule has 0 radical (unpaired) electrons. The number of amides is 1. The maximum atomic E-state index is 12.2. The van der Waals surface area contributed by atoms with Crippen LogP contribution < -0.4 is 10.5 Å². The Hall–Kier alpha value is -2.26. The van der Waals surface area contributed by atoms with Gasteiger partial charge in [-0.1, -0.05) is 12.1 Å². The summed E-state index contributed by atoms with van der Waals surface area (Å²) in [5, 5.41) is 0. The van der Waals surface area contributed by atoms with Crippen molar-refractivity contribution in [3.63, 3.8) is 0 Å². The zero-order valence-corrected chi connectivity index (χ0v) is 13.7. The molecule has 0 aliphatic carbocycles. The lowest BCUT2D eigenvalue weighted by molar-refractivity contribution is -0.155. The Kier molecular flexibility index (Phi) is 5.99. The van der Waals surface area contributed by atoms with Crippen molar-refractivity contribution in [3.05, 3.63) is 29.8 Å². The summed E-state index contributed by atoms with van der Waals surface area (Å²) >= 11 is 0. The van der Waals surface area contributed by atoms with Crippen molar-refractivity contribution in [2.45, 2.75) is 37.8 Å². The van der Waals surface area contributed by atoms with E-state index in [1.165, 1.54) is 45.0 Å². The van der Waals surface area contributed by atoms with E-state index >= 15 is 0 Å². The van der Waals surface area contributed by atoms with Gasteiger partial charge in [-0.3, -0.25) is 14.4 Å². The second kappa shape index (κ2) is 7.34. The molecule has 1 aromatic rings. The van der Waals surface area contributed by atoms with E-state index < -0.39 is 34.0 Å². The largest absolute Gasteiger partial charge is 0.451 e. The lowest BCUT2D eigenvalue weighted by atomic mass is 10.2. The highest BCUT2D eigenvalue weighted by atomic mass is 32.2. The lowest BCUT2D eigenvalue weighted by Crippen LogP contribution is -2.42. The number of nitrogens with one attached hydrogen (secondary N) is 1. The number of sulfonamides is 1. The van der Waals surface area contributed by atoms with Crippen molar-refractivity contribution in [2.24, 2.45) is 5.73 Å². The van der Waals surface area contributed by atoms with E-state index in [1.54, 1.807) is 0 Å². The van der Waals surface area contributed by atoms with E-state index in [0.29, 0.717) is 5.56 Å². The monoisotopic (exact) mass is 342 g/mol. The third kappa shape index (κ3) is 5.15. The molecular formula is C14H18N2O6S. The molecule has 8 nitrogen and oxygen atoms in total. The molecule has 0 unspecified atom stereocenters. The quantitative estimate of drug-likeness (QED) is 0.528. The second-order valence-electron chi connectivity index (χ2n) is 4.91. The zero-order valence-electron chi connectivity index (χ0n) is 12.9. The smallest absolute Gasteiger partial charge is 0.324 e. The fourth-order valence-electron chi connectivity index (χ4n) is 1.55. The molecule has 1 aromatic carbocycles. The molecule has 0 saturated heterocycles. The number of ketones is 1.